The van der Waals surface area contributed by atoms with E-state index in [4.69, 9.17) is 5.11 Å². The first kappa shape index (κ1) is 17.4. The van der Waals surface area contributed by atoms with Gasteiger partial charge >= 0.3 is 11.7 Å². The van der Waals surface area contributed by atoms with Gasteiger partial charge in [0.05, 0.1) is 5.39 Å². The van der Waals surface area contributed by atoms with Gasteiger partial charge in [-0.25, -0.2) is 14.6 Å². The van der Waals surface area contributed by atoms with Gasteiger partial charge in [0.25, 0.3) is 11.5 Å². The fraction of sp³-hybridized carbons (Fsp3) is 0.400. The smallest absolute Gasteiger partial charge is 0.327 e. The summed E-state index contributed by atoms with van der Waals surface area (Å²) in [5.74, 6) is -1.80. The van der Waals surface area contributed by atoms with Crippen molar-refractivity contribution in [2.24, 2.45) is 0 Å². The van der Waals surface area contributed by atoms with Crippen LogP contribution < -0.4 is 16.6 Å². The Kier molecular flexibility index (Phi) is 5.12. The number of rotatable bonds is 6. The fourth-order valence-corrected chi connectivity index (χ4v) is 2.37. The van der Waals surface area contributed by atoms with Crippen LogP contribution in [0.4, 0.5) is 0 Å². The molecule has 0 aromatic carbocycles. The Hall–Kier alpha value is -2.97. The first-order chi connectivity index (χ1) is 11.3. The van der Waals surface area contributed by atoms with Crippen molar-refractivity contribution in [1.82, 2.24) is 20.3 Å². The molecule has 1 amide bonds. The number of aromatic amines is 2. The lowest BCUT2D eigenvalue weighted by atomic mass is 10.1. The minimum Gasteiger partial charge on any atom is -0.480 e. The predicted molar refractivity (Wildman–Crippen MR) is 86.1 cm³/mol. The van der Waals surface area contributed by atoms with Gasteiger partial charge in [0, 0.05) is 0 Å². The van der Waals surface area contributed by atoms with Gasteiger partial charge in [0.15, 0.2) is 0 Å². The van der Waals surface area contributed by atoms with E-state index < -0.39 is 29.2 Å². The van der Waals surface area contributed by atoms with Crippen molar-refractivity contribution in [2.75, 3.05) is 0 Å². The molecule has 0 fully saturated rings. The molecule has 0 saturated carbocycles. The third kappa shape index (κ3) is 3.67. The maximum Gasteiger partial charge on any atom is 0.327 e. The maximum absolute atomic E-state index is 12.3. The van der Waals surface area contributed by atoms with Crippen molar-refractivity contribution in [3.63, 3.8) is 0 Å². The molecule has 2 rings (SSSR count). The molecule has 0 aliphatic heterocycles. The highest BCUT2D eigenvalue weighted by Gasteiger charge is 2.21. The molecule has 0 aliphatic rings. The molecule has 0 unspecified atom stereocenters. The molecule has 2 aromatic heterocycles. The minimum absolute atomic E-state index is 0.0191. The summed E-state index contributed by atoms with van der Waals surface area (Å²) in [5.41, 5.74) is -0.971. The summed E-state index contributed by atoms with van der Waals surface area (Å²) in [6.45, 7) is 3.52. The van der Waals surface area contributed by atoms with E-state index in [0.717, 1.165) is 6.42 Å². The predicted octanol–water partition coefficient (Wildman–Crippen LogP) is 0.293. The van der Waals surface area contributed by atoms with Gasteiger partial charge in [0.1, 0.15) is 17.4 Å². The zero-order chi connectivity index (χ0) is 17.9. The van der Waals surface area contributed by atoms with Crippen molar-refractivity contribution in [3.8, 4) is 0 Å². The SMILES string of the molecule is CCCC[C@H](NC(=O)c1cc(C)c2c(=O)[nH]c(=O)[nH]c2n1)C(=O)O. The lowest BCUT2D eigenvalue weighted by molar-refractivity contribution is -0.139. The molecule has 128 valence electrons. The summed E-state index contributed by atoms with van der Waals surface area (Å²) < 4.78 is 0. The minimum atomic E-state index is -1.13. The van der Waals surface area contributed by atoms with Crippen LogP contribution in [-0.4, -0.2) is 38.0 Å². The highest BCUT2D eigenvalue weighted by atomic mass is 16.4. The first-order valence-corrected chi connectivity index (χ1v) is 7.51. The molecule has 0 bridgehead atoms. The number of amides is 1. The van der Waals surface area contributed by atoms with Crippen LogP contribution in [0.15, 0.2) is 15.7 Å². The van der Waals surface area contributed by atoms with E-state index in [0.29, 0.717) is 18.4 Å². The second kappa shape index (κ2) is 7.07. The van der Waals surface area contributed by atoms with Crippen LogP contribution >= 0.6 is 0 Å². The Balaban J connectivity index is 2.37. The van der Waals surface area contributed by atoms with E-state index in [9.17, 15) is 19.2 Å². The van der Waals surface area contributed by atoms with Gasteiger partial charge in [-0.05, 0) is 25.0 Å². The molecule has 0 aliphatic carbocycles. The van der Waals surface area contributed by atoms with Crippen molar-refractivity contribution in [3.05, 3.63) is 38.2 Å². The molecule has 0 spiro atoms. The van der Waals surface area contributed by atoms with E-state index in [-0.39, 0.29) is 16.7 Å². The van der Waals surface area contributed by atoms with E-state index >= 15 is 0 Å². The number of carbonyl (C=O) groups excluding carboxylic acids is 1. The summed E-state index contributed by atoms with van der Waals surface area (Å²) in [5, 5.41) is 11.7. The monoisotopic (exact) mass is 334 g/mol. The Morgan fingerprint density at radius 1 is 1.33 bits per heavy atom. The van der Waals surface area contributed by atoms with Gasteiger partial charge < -0.3 is 10.4 Å². The number of aliphatic carboxylic acids is 1. The summed E-state index contributed by atoms with van der Waals surface area (Å²) >= 11 is 0. The molecular weight excluding hydrogens is 316 g/mol. The number of carbonyl (C=O) groups is 2. The average Bonchev–Trinajstić information content (AvgIpc) is 2.49. The van der Waals surface area contributed by atoms with Crippen LogP contribution in [0.3, 0.4) is 0 Å². The number of nitrogens with zero attached hydrogens (tertiary/aromatic N) is 1. The topological polar surface area (TPSA) is 145 Å². The molecular formula is C15H18N4O5. The Morgan fingerprint density at radius 2 is 2.04 bits per heavy atom. The number of aromatic nitrogens is 3. The number of pyridine rings is 1. The molecule has 9 nitrogen and oxygen atoms in total. The highest BCUT2D eigenvalue weighted by molar-refractivity contribution is 5.97. The summed E-state index contributed by atoms with van der Waals surface area (Å²) in [6, 6.07) is 0.359. The molecule has 0 radical (unpaired) electrons. The maximum atomic E-state index is 12.3. The third-order valence-corrected chi connectivity index (χ3v) is 3.59. The first-order valence-electron chi connectivity index (χ1n) is 7.51. The summed E-state index contributed by atoms with van der Waals surface area (Å²) in [6.07, 6.45) is 1.77. The van der Waals surface area contributed by atoms with Crippen LogP contribution in [0, 0.1) is 6.92 Å². The van der Waals surface area contributed by atoms with E-state index in [1.54, 1.807) is 6.92 Å². The van der Waals surface area contributed by atoms with Crippen molar-refractivity contribution in [1.29, 1.82) is 0 Å². The molecule has 2 heterocycles. The molecule has 2 aromatic rings. The van der Waals surface area contributed by atoms with Crippen molar-refractivity contribution in [2.45, 2.75) is 39.2 Å². The van der Waals surface area contributed by atoms with Crippen molar-refractivity contribution < 1.29 is 14.7 Å². The molecule has 0 saturated heterocycles. The number of H-pyrrole nitrogens is 2. The van der Waals surface area contributed by atoms with Gasteiger partial charge in [-0.2, -0.15) is 0 Å². The molecule has 1 atom stereocenters. The van der Waals surface area contributed by atoms with Gasteiger partial charge in [-0.15, -0.1) is 0 Å². The van der Waals surface area contributed by atoms with Crippen LogP contribution in [-0.2, 0) is 4.79 Å². The number of unbranched alkanes of at least 4 members (excludes halogenated alkanes) is 1. The van der Waals surface area contributed by atoms with E-state index in [1.807, 2.05) is 6.92 Å². The Labute approximate surface area is 136 Å². The molecule has 9 heteroatoms. The third-order valence-electron chi connectivity index (χ3n) is 3.59. The number of aryl methyl sites for hydroxylation is 1. The molecule has 4 N–H and O–H groups in total. The molecule has 24 heavy (non-hydrogen) atoms. The summed E-state index contributed by atoms with van der Waals surface area (Å²) in [4.78, 5) is 55.0. The number of hydrogen-bond acceptors (Lipinski definition) is 5. The van der Waals surface area contributed by atoms with Crippen LogP contribution in [0.25, 0.3) is 11.0 Å². The fourth-order valence-electron chi connectivity index (χ4n) is 2.37. The highest BCUT2D eigenvalue weighted by Crippen LogP contribution is 2.11. The van der Waals surface area contributed by atoms with Crippen molar-refractivity contribution >= 4 is 22.9 Å². The second-order valence-corrected chi connectivity index (χ2v) is 5.46. The number of fused-ring (bicyclic) bond motifs is 1. The zero-order valence-corrected chi connectivity index (χ0v) is 13.3. The lowest BCUT2D eigenvalue weighted by Crippen LogP contribution is -2.41. The Morgan fingerprint density at radius 3 is 2.67 bits per heavy atom. The quantitative estimate of drug-likeness (QED) is 0.597. The van der Waals surface area contributed by atoms with E-state index in [2.05, 4.69) is 20.3 Å². The second-order valence-electron chi connectivity index (χ2n) is 5.46. The zero-order valence-electron chi connectivity index (χ0n) is 13.3. The van der Waals surface area contributed by atoms with Gasteiger partial charge in [-0.3, -0.25) is 19.6 Å². The van der Waals surface area contributed by atoms with Crippen LogP contribution in [0.5, 0.6) is 0 Å². The standard InChI is InChI=1S/C15H18N4O5/c1-3-4-5-8(14(22)23)17-12(20)9-6-7(2)10-11(16-9)18-15(24)19-13(10)21/h6,8H,3-5H2,1-2H3,(H,17,20)(H,22,23)(H2,16,18,19,21,24)/t8-/m0/s1. The number of hydrogen-bond donors (Lipinski definition) is 4. The number of carboxylic acids is 1. The van der Waals surface area contributed by atoms with Crippen LogP contribution in [0.2, 0.25) is 0 Å². The van der Waals surface area contributed by atoms with Crippen LogP contribution in [0.1, 0.15) is 42.2 Å². The largest absolute Gasteiger partial charge is 0.480 e. The lowest BCUT2D eigenvalue weighted by Gasteiger charge is -2.14. The van der Waals surface area contributed by atoms with Gasteiger partial charge in [-0.1, -0.05) is 19.8 Å². The van der Waals surface area contributed by atoms with Gasteiger partial charge in [0.2, 0.25) is 0 Å². The normalized spacial score (nSPS) is 12.1. The number of carboxylic acid groups (broad SMARTS) is 1. The number of nitrogens with one attached hydrogen (secondary N) is 3. The van der Waals surface area contributed by atoms with E-state index in [1.165, 1.54) is 6.07 Å². The average molecular weight is 334 g/mol. The summed E-state index contributed by atoms with van der Waals surface area (Å²) in [7, 11) is 0. The Bertz CT molecular complexity index is 899.